The molecule has 1 atom stereocenters. The lowest BCUT2D eigenvalue weighted by molar-refractivity contribution is 0.0194. The Kier molecular flexibility index (Phi) is 10.5. The maximum atomic E-state index is 5.84. The summed E-state index contributed by atoms with van der Waals surface area (Å²) >= 11 is 0. The number of halogens is 1. The van der Waals surface area contributed by atoms with E-state index in [2.05, 4.69) is 22.7 Å². The first kappa shape index (κ1) is 24.5. The van der Waals surface area contributed by atoms with Gasteiger partial charge in [-0.25, -0.2) is 9.67 Å². The van der Waals surface area contributed by atoms with Crippen molar-refractivity contribution in [2.75, 3.05) is 26.8 Å². The summed E-state index contributed by atoms with van der Waals surface area (Å²) in [7, 11) is 3.57. The molecule has 3 heterocycles. The second-order valence-electron chi connectivity index (χ2n) is 7.20. The van der Waals surface area contributed by atoms with E-state index in [9.17, 15) is 0 Å². The first-order valence-corrected chi connectivity index (χ1v) is 10.5. The smallest absolute Gasteiger partial charge is 0.216 e. The summed E-state index contributed by atoms with van der Waals surface area (Å²) in [6, 6.07) is 3.89. The number of guanidine groups is 1. The first-order chi connectivity index (χ1) is 14.2. The van der Waals surface area contributed by atoms with E-state index >= 15 is 0 Å². The van der Waals surface area contributed by atoms with Gasteiger partial charge in [-0.1, -0.05) is 6.92 Å². The highest BCUT2D eigenvalue weighted by atomic mass is 127. The van der Waals surface area contributed by atoms with Crippen LogP contribution in [-0.2, 0) is 31.2 Å². The van der Waals surface area contributed by atoms with Crippen molar-refractivity contribution in [3.8, 4) is 5.88 Å². The lowest BCUT2D eigenvalue weighted by Gasteiger charge is -2.23. The lowest BCUT2D eigenvalue weighted by atomic mass is 10.1. The highest BCUT2D eigenvalue weighted by Gasteiger charge is 2.17. The summed E-state index contributed by atoms with van der Waals surface area (Å²) in [5, 5.41) is 11.4. The largest absolute Gasteiger partial charge is 0.481 e. The van der Waals surface area contributed by atoms with Gasteiger partial charge in [0.05, 0.1) is 37.3 Å². The number of hydrogen-bond donors (Lipinski definition) is 2. The molecular formula is C21H34IN5O3. The van der Waals surface area contributed by atoms with E-state index in [1.54, 1.807) is 18.1 Å². The number of rotatable bonds is 9. The molecule has 0 aromatic carbocycles. The molecule has 9 heteroatoms. The third-order valence-electron chi connectivity index (χ3n) is 5.11. The topological polar surface area (TPSA) is 85.8 Å². The van der Waals surface area contributed by atoms with Gasteiger partial charge in [-0.2, -0.15) is 5.10 Å². The Hall–Kier alpha value is -1.75. The molecule has 1 saturated heterocycles. The molecule has 2 aromatic heterocycles. The van der Waals surface area contributed by atoms with Crippen molar-refractivity contribution in [3.05, 3.63) is 35.4 Å². The number of furan rings is 1. The summed E-state index contributed by atoms with van der Waals surface area (Å²) in [4.78, 5) is 4.80. The molecular weight excluding hydrogens is 497 g/mol. The van der Waals surface area contributed by atoms with E-state index in [1.807, 2.05) is 19.2 Å². The van der Waals surface area contributed by atoms with Crippen molar-refractivity contribution in [3.63, 3.8) is 0 Å². The number of aliphatic imine (C=N–C) groups is 1. The molecule has 8 nitrogen and oxygen atoms in total. The van der Waals surface area contributed by atoms with Gasteiger partial charge < -0.3 is 24.5 Å². The molecule has 0 bridgehead atoms. The molecule has 0 amide bonds. The molecule has 0 radical (unpaired) electrons. The second-order valence-corrected chi connectivity index (χ2v) is 7.20. The normalized spacial score (nSPS) is 16.8. The van der Waals surface area contributed by atoms with Gasteiger partial charge in [0.1, 0.15) is 5.76 Å². The molecule has 0 aliphatic carbocycles. The van der Waals surface area contributed by atoms with Gasteiger partial charge in [-0.15, -0.1) is 24.0 Å². The van der Waals surface area contributed by atoms with Crippen molar-refractivity contribution in [1.29, 1.82) is 0 Å². The van der Waals surface area contributed by atoms with Crippen LogP contribution in [0.25, 0.3) is 0 Å². The summed E-state index contributed by atoms with van der Waals surface area (Å²) in [5.41, 5.74) is 2.04. The van der Waals surface area contributed by atoms with Crippen LogP contribution in [0.15, 0.2) is 27.8 Å². The summed E-state index contributed by atoms with van der Waals surface area (Å²) in [6.07, 6.45) is 7.03. The minimum Gasteiger partial charge on any atom is -0.481 e. The summed E-state index contributed by atoms with van der Waals surface area (Å²) in [6.45, 7) is 4.92. The maximum Gasteiger partial charge on any atom is 0.216 e. The number of aromatic nitrogens is 2. The van der Waals surface area contributed by atoms with E-state index in [0.29, 0.717) is 6.54 Å². The van der Waals surface area contributed by atoms with Gasteiger partial charge in [-0.3, -0.25) is 0 Å². The van der Waals surface area contributed by atoms with E-state index in [-0.39, 0.29) is 30.1 Å². The van der Waals surface area contributed by atoms with Gasteiger partial charge in [0.2, 0.25) is 5.88 Å². The van der Waals surface area contributed by atoms with Crippen molar-refractivity contribution in [2.45, 2.75) is 51.7 Å². The fourth-order valence-electron chi connectivity index (χ4n) is 3.57. The highest BCUT2D eigenvalue weighted by molar-refractivity contribution is 14.0. The third-order valence-corrected chi connectivity index (χ3v) is 5.11. The van der Waals surface area contributed by atoms with Crippen LogP contribution >= 0.6 is 24.0 Å². The lowest BCUT2D eigenvalue weighted by Crippen LogP contribution is -2.43. The van der Waals surface area contributed by atoms with E-state index in [0.717, 1.165) is 74.2 Å². The number of nitrogens with one attached hydrogen (secondary N) is 2. The summed E-state index contributed by atoms with van der Waals surface area (Å²) in [5.74, 6) is 2.48. The molecule has 1 aliphatic rings. The number of nitrogens with zero attached hydrogens (tertiary/aromatic N) is 3. The van der Waals surface area contributed by atoms with Crippen molar-refractivity contribution < 1.29 is 13.9 Å². The van der Waals surface area contributed by atoms with Crippen molar-refractivity contribution in [2.24, 2.45) is 12.0 Å². The average molecular weight is 531 g/mol. The molecule has 3 rings (SSSR count). The van der Waals surface area contributed by atoms with Gasteiger partial charge in [0.15, 0.2) is 5.96 Å². The predicted octanol–water partition coefficient (Wildman–Crippen LogP) is 3.05. The Morgan fingerprint density at radius 1 is 1.37 bits per heavy atom. The Balaban J connectivity index is 0.00000320. The first-order valence-electron chi connectivity index (χ1n) is 10.5. The molecule has 1 aliphatic heterocycles. The Labute approximate surface area is 195 Å². The van der Waals surface area contributed by atoms with Crippen molar-refractivity contribution in [1.82, 2.24) is 20.4 Å². The van der Waals surface area contributed by atoms with Crippen molar-refractivity contribution >= 4 is 29.9 Å². The zero-order valence-electron chi connectivity index (χ0n) is 18.1. The minimum absolute atomic E-state index is 0. The van der Waals surface area contributed by atoms with Crippen LogP contribution in [0.1, 0.15) is 43.2 Å². The maximum absolute atomic E-state index is 5.84. The van der Waals surface area contributed by atoms with Crippen LogP contribution in [0.2, 0.25) is 0 Å². The van der Waals surface area contributed by atoms with Crippen LogP contribution in [0.4, 0.5) is 0 Å². The molecule has 2 N–H and O–H groups in total. The Bertz CT molecular complexity index is 770. The minimum atomic E-state index is 0. The van der Waals surface area contributed by atoms with E-state index in [1.165, 1.54) is 6.42 Å². The van der Waals surface area contributed by atoms with Crippen LogP contribution in [0.3, 0.4) is 0 Å². The fourth-order valence-corrected chi connectivity index (χ4v) is 3.57. The standard InChI is InChI=1S/C21H33N5O3.HI/c1-4-19-18(20(27-3)26(2)25-19)15-24-21(22-11-10-16-9-7-13-28-16)23-14-17-8-5-6-12-29-17;/h7,9,13,17H,4-6,8,10-12,14-15H2,1-3H3,(H2,22,23,24);1H. The van der Waals surface area contributed by atoms with Crippen LogP contribution in [-0.4, -0.2) is 48.7 Å². The van der Waals surface area contributed by atoms with Crippen LogP contribution in [0.5, 0.6) is 5.88 Å². The van der Waals surface area contributed by atoms with Gasteiger partial charge in [0, 0.05) is 33.2 Å². The van der Waals surface area contributed by atoms with E-state index in [4.69, 9.17) is 18.9 Å². The van der Waals surface area contributed by atoms with Gasteiger partial charge in [0.25, 0.3) is 0 Å². The number of aryl methyl sites for hydroxylation is 2. The zero-order valence-corrected chi connectivity index (χ0v) is 20.5. The van der Waals surface area contributed by atoms with Gasteiger partial charge in [-0.05, 0) is 37.8 Å². The highest BCUT2D eigenvalue weighted by Crippen LogP contribution is 2.22. The zero-order chi connectivity index (χ0) is 20.5. The summed E-state index contributed by atoms with van der Waals surface area (Å²) < 4.78 is 18.6. The number of ether oxygens (including phenoxy) is 2. The third kappa shape index (κ3) is 6.90. The monoisotopic (exact) mass is 531 g/mol. The molecule has 0 saturated carbocycles. The molecule has 168 valence electrons. The fraction of sp³-hybridized carbons (Fsp3) is 0.619. The number of hydrogen-bond acceptors (Lipinski definition) is 5. The second kappa shape index (κ2) is 12.8. The average Bonchev–Trinajstić information content (AvgIpc) is 3.37. The molecule has 1 fully saturated rings. The predicted molar refractivity (Wildman–Crippen MR) is 128 cm³/mol. The van der Waals surface area contributed by atoms with Gasteiger partial charge >= 0.3 is 0 Å². The quantitative estimate of drug-likeness (QED) is 0.294. The molecule has 2 aromatic rings. The Morgan fingerprint density at radius 3 is 2.90 bits per heavy atom. The molecule has 1 unspecified atom stereocenters. The van der Waals surface area contributed by atoms with Crippen LogP contribution in [0, 0.1) is 0 Å². The Morgan fingerprint density at radius 2 is 2.23 bits per heavy atom. The number of methoxy groups -OCH3 is 1. The van der Waals surface area contributed by atoms with E-state index < -0.39 is 0 Å². The van der Waals surface area contributed by atoms with Crippen LogP contribution < -0.4 is 15.4 Å². The molecule has 30 heavy (non-hydrogen) atoms. The SMILES string of the molecule is CCc1nn(C)c(OC)c1CN=C(NCCc1ccco1)NCC1CCCCO1.I. The molecule has 0 spiro atoms.